The Hall–Kier alpha value is -3.76. The van der Waals surface area contributed by atoms with Gasteiger partial charge in [0.2, 0.25) is 0 Å². The maximum absolute atomic E-state index is 13.1. The normalized spacial score (nSPS) is 14.4. The number of carbonyl (C=O) groups is 4. The maximum Gasteiger partial charge on any atom is 0.472 e. The summed E-state index contributed by atoms with van der Waals surface area (Å²) in [7, 11) is -9.95. The number of esters is 4. The predicted molar refractivity (Wildman–Crippen MR) is 390 cm³/mol. The van der Waals surface area contributed by atoms with Crippen molar-refractivity contribution in [2.45, 2.75) is 341 Å². The lowest BCUT2D eigenvalue weighted by Gasteiger charge is -2.21. The summed E-state index contributed by atoms with van der Waals surface area (Å²) in [5, 5.41) is 10.6. The summed E-state index contributed by atoms with van der Waals surface area (Å²) in [4.78, 5) is 72.7. The molecule has 0 saturated heterocycles. The Bertz CT molecular complexity index is 2160. The van der Waals surface area contributed by atoms with Crippen LogP contribution in [0.25, 0.3) is 0 Å². The molecule has 0 rings (SSSR count). The lowest BCUT2D eigenvalue weighted by molar-refractivity contribution is -0.161. The van der Waals surface area contributed by atoms with E-state index >= 15 is 0 Å². The summed E-state index contributed by atoms with van der Waals surface area (Å²) in [6, 6.07) is 0. The largest absolute Gasteiger partial charge is 0.472 e. The molecular weight excluding hydrogens is 1260 g/mol. The Labute approximate surface area is 583 Å². The average molecular weight is 1400 g/mol. The Morgan fingerprint density at radius 1 is 0.302 bits per heavy atom. The fraction of sp³-hybridized carbons (Fsp3) is 0.766. The summed E-state index contributed by atoms with van der Waals surface area (Å²) in [6.45, 7) is 4.65. The molecule has 556 valence electrons. The number of phosphoric ester groups is 2. The smallest absolute Gasteiger partial charge is 0.462 e. The first-order valence-electron chi connectivity index (χ1n) is 37.8. The molecule has 0 spiro atoms. The van der Waals surface area contributed by atoms with Crippen LogP contribution in [0.3, 0.4) is 0 Å². The minimum atomic E-state index is -4.98. The molecule has 0 amide bonds. The highest BCUT2D eigenvalue weighted by Crippen LogP contribution is 2.45. The summed E-state index contributed by atoms with van der Waals surface area (Å²) < 4.78 is 68.4. The molecule has 0 heterocycles. The highest BCUT2D eigenvalue weighted by Gasteiger charge is 2.30. The van der Waals surface area contributed by atoms with Gasteiger partial charge in [-0.2, -0.15) is 0 Å². The minimum Gasteiger partial charge on any atom is -0.462 e. The molecule has 5 atom stereocenters. The van der Waals surface area contributed by atoms with Crippen LogP contribution < -0.4 is 0 Å². The zero-order valence-electron chi connectivity index (χ0n) is 60.5. The third kappa shape index (κ3) is 68.8. The second-order valence-corrected chi connectivity index (χ2v) is 28.1. The van der Waals surface area contributed by atoms with Gasteiger partial charge in [-0.15, -0.1) is 0 Å². The number of carbonyl (C=O) groups excluding carboxylic acids is 4. The van der Waals surface area contributed by atoms with Gasteiger partial charge in [-0.3, -0.25) is 37.3 Å². The fourth-order valence-electron chi connectivity index (χ4n) is 10.0. The SMILES string of the molecule is CC/C=C\C/C=C\C/C=C\C/C=C\CCCCC(=O)OCC(COP(=O)(O)OCC(O)COP(=O)(O)OCC(COC(=O)CCCCCCC/C=C\C/C=C\CCCCC)OC(=O)CCCCCCC/C=C\CCCC)OC(=O)CCCCCCCCCCCCCCCCC. The zero-order valence-corrected chi connectivity index (χ0v) is 62.3. The molecule has 3 N–H and O–H groups in total. The van der Waals surface area contributed by atoms with Crippen LogP contribution in [0, 0.1) is 0 Å². The molecule has 0 aliphatic heterocycles. The quantitative estimate of drug-likeness (QED) is 0.0169. The lowest BCUT2D eigenvalue weighted by atomic mass is 10.0. The van der Waals surface area contributed by atoms with Crippen LogP contribution in [0.1, 0.15) is 323 Å². The van der Waals surface area contributed by atoms with Gasteiger partial charge in [0.05, 0.1) is 26.4 Å². The molecule has 0 radical (unpaired) electrons. The zero-order chi connectivity index (χ0) is 70.4. The van der Waals surface area contributed by atoms with Crippen LogP contribution in [-0.2, 0) is 65.4 Å². The van der Waals surface area contributed by atoms with Gasteiger partial charge in [0, 0.05) is 25.7 Å². The number of phosphoric acid groups is 2. The summed E-state index contributed by atoms with van der Waals surface area (Å²) in [6.07, 6.45) is 70.1. The van der Waals surface area contributed by atoms with E-state index in [1.54, 1.807) is 0 Å². The number of rotatable bonds is 71. The summed E-state index contributed by atoms with van der Waals surface area (Å²) in [5.41, 5.74) is 0. The van der Waals surface area contributed by atoms with Crippen molar-refractivity contribution in [1.82, 2.24) is 0 Å². The second-order valence-electron chi connectivity index (χ2n) is 25.2. The van der Waals surface area contributed by atoms with Crippen LogP contribution in [0.15, 0.2) is 85.1 Å². The van der Waals surface area contributed by atoms with Gasteiger partial charge < -0.3 is 33.8 Å². The predicted octanol–water partition coefficient (Wildman–Crippen LogP) is 21.4. The number of allylic oxidation sites excluding steroid dienone is 14. The van der Waals surface area contributed by atoms with E-state index in [0.29, 0.717) is 25.7 Å². The molecule has 0 aliphatic carbocycles. The fourth-order valence-corrected chi connectivity index (χ4v) is 11.6. The van der Waals surface area contributed by atoms with Crippen LogP contribution in [0.4, 0.5) is 0 Å². The van der Waals surface area contributed by atoms with Gasteiger partial charge in [0.15, 0.2) is 12.2 Å². The van der Waals surface area contributed by atoms with Gasteiger partial charge in [-0.1, -0.05) is 267 Å². The van der Waals surface area contributed by atoms with Crippen molar-refractivity contribution >= 4 is 39.5 Å². The Morgan fingerprint density at radius 2 is 0.552 bits per heavy atom. The van der Waals surface area contributed by atoms with Crippen molar-refractivity contribution in [3.63, 3.8) is 0 Å². The Morgan fingerprint density at radius 3 is 0.917 bits per heavy atom. The van der Waals surface area contributed by atoms with E-state index in [4.69, 9.17) is 37.0 Å². The molecule has 0 bridgehead atoms. The van der Waals surface area contributed by atoms with Crippen molar-refractivity contribution in [1.29, 1.82) is 0 Å². The molecule has 17 nitrogen and oxygen atoms in total. The van der Waals surface area contributed by atoms with Crippen LogP contribution >= 0.6 is 15.6 Å². The molecular formula is C77H136O17P2. The molecule has 0 aromatic heterocycles. The molecule has 0 saturated carbocycles. The molecule has 96 heavy (non-hydrogen) atoms. The van der Waals surface area contributed by atoms with Gasteiger partial charge in [0.1, 0.15) is 19.3 Å². The number of aliphatic hydroxyl groups is 1. The first-order chi connectivity index (χ1) is 46.7. The van der Waals surface area contributed by atoms with Gasteiger partial charge in [-0.25, -0.2) is 9.13 Å². The first kappa shape index (κ1) is 92.2. The van der Waals surface area contributed by atoms with E-state index in [9.17, 15) is 43.2 Å². The van der Waals surface area contributed by atoms with E-state index in [-0.39, 0.29) is 25.7 Å². The molecule has 0 aromatic carbocycles. The average Bonchev–Trinajstić information content (AvgIpc) is 1.09. The van der Waals surface area contributed by atoms with Crippen molar-refractivity contribution in [2.75, 3.05) is 39.6 Å². The number of ether oxygens (including phenoxy) is 4. The molecule has 0 fully saturated rings. The summed E-state index contributed by atoms with van der Waals surface area (Å²) >= 11 is 0. The minimum absolute atomic E-state index is 0.0820. The van der Waals surface area contributed by atoms with E-state index in [0.717, 1.165) is 148 Å². The standard InChI is InChI=1S/C77H136O17P2/c1-5-9-13-17-21-25-29-32-35-38-42-45-49-53-57-61-74(79)87-67-72(93-76(81)63-59-55-51-47-41-28-24-20-16-12-8-4)69-91-95(83,84)89-65-71(78)66-90-96(85,86)92-70-73(94-77(82)64-60-56-52-48-44-40-37-34-31-27-23-19-15-11-7-3)68-88-75(80)62-58-54-50-46-43-39-36-33-30-26-22-18-14-10-6-2/h10,14,20-22,24-26,32-33,35-36,43,46,71-73,78H,5-9,11-13,15-19,23,27-31,34,37-42,44-45,47-70H2,1-4H3,(H,83,84)(H,85,86)/b14-10-,24-20-,25-21-,26-22-,35-32-,36-33-,46-43-. The highest BCUT2D eigenvalue weighted by atomic mass is 31.2. The number of hydrogen-bond acceptors (Lipinski definition) is 15. The van der Waals surface area contributed by atoms with Crippen molar-refractivity contribution in [2.24, 2.45) is 0 Å². The molecule has 5 unspecified atom stereocenters. The van der Waals surface area contributed by atoms with Gasteiger partial charge >= 0.3 is 39.5 Å². The first-order valence-corrected chi connectivity index (χ1v) is 40.8. The van der Waals surface area contributed by atoms with Crippen LogP contribution in [0.5, 0.6) is 0 Å². The van der Waals surface area contributed by atoms with E-state index in [1.165, 1.54) is 96.3 Å². The third-order valence-electron chi connectivity index (χ3n) is 15.8. The van der Waals surface area contributed by atoms with Crippen LogP contribution in [0.2, 0.25) is 0 Å². The van der Waals surface area contributed by atoms with Gasteiger partial charge in [0.25, 0.3) is 0 Å². The molecule has 0 aliphatic rings. The van der Waals surface area contributed by atoms with Crippen molar-refractivity contribution in [3.05, 3.63) is 85.1 Å². The van der Waals surface area contributed by atoms with Crippen molar-refractivity contribution < 1.29 is 80.2 Å². The monoisotopic (exact) mass is 1390 g/mol. The van der Waals surface area contributed by atoms with Crippen molar-refractivity contribution in [3.8, 4) is 0 Å². The third-order valence-corrected chi connectivity index (χ3v) is 17.7. The maximum atomic E-state index is 13.1. The highest BCUT2D eigenvalue weighted by molar-refractivity contribution is 7.47. The van der Waals surface area contributed by atoms with Gasteiger partial charge in [-0.05, 0) is 116 Å². The Balaban J connectivity index is 5.35. The molecule has 0 aromatic rings. The topological polar surface area (TPSA) is 237 Å². The summed E-state index contributed by atoms with van der Waals surface area (Å²) in [5.74, 6) is -2.23. The Kier molecular flexibility index (Phi) is 67.0. The van der Waals surface area contributed by atoms with E-state index in [2.05, 4.69) is 113 Å². The number of aliphatic hydroxyl groups excluding tert-OH is 1. The second kappa shape index (κ2) is 69.7. The van der Waals surface area contributed by atoms with Crippen LogP contribution in [-0.4, -0.2) is 96.7 Å². The number of unbranched alkanes of at least 4 members (excludes halogenated alkanes) is 31. The lowest BCUT2D eigenvalue weighted by Crippen LogP contribution is -2.30. The van der Waals surface area contributed by atoms with E-state index < -0.39 is 97.5 Å². The van der Waals surface area contributed by atoms with E-state index in [1.807, 2.05) is 0 Å². The number of hydrogen-bond donors (Lipinski definition) is 3. The molecule has 19 heteroatoms.